The molecule has 1 unspecified atom stereocenters. The summed E-state index contributed by atoms with van der Waals surface area (Å²) in [6.07, 6.45) is 15.9. The molecule has 8 heterocycles. The second-order valence-electron chi connectivity index (χ2n) is 19.8. The summed E-state index contributed by atoms with van der Waals surface area (Å²) in [6, 6.07) is 6.95. The summed E-state index contributed by atoms with van der Waals surface area (Å²) >= 11 is 0. The van der Waals surface area contributed by atoms with Crippen LogP contribution >= 0.6 is 0 Å². The number of para-hydroxylation sites is 1. The van der Waals surface area contributed by atoms with Crippen LogP contribution < -0.4 is 21.2 Å². The zero-order chi connectivity index (χ0) is 46.0. The average Bonchev–Trinajstić information content (AvgIpc) is 4.14. The van der Waals surface area contributed by atoms with Crippen LogP contribution in [0.3, 0.4) is 0 Å². The minimum Gasteiger partial charge on any atom is -0.391 e. The van der Waals surface area contributed by atoms with E-state index < -0.39 is 24.5 Å². The van der Waals surface area contributed by atoms with Gasteiger partial charge in [0.1, 0.15) is 23.2 Å². The Bertz CT molecular complexity index is 2860. The van der Waals surface area contributed by atoms with E-state index in [1.807, 2.05) is 18.2 Å². The van der Waals surface area contributed by atoms with Crippen molar-refractivity contribution in [3.05, 3.63) is 65.2 Å². The smallest absolute Gasteiger partial charge is 0.329 e. The third-order valence-corrected chi connectivity index (χ3v) is 15.8. The Hall–Kier alpha value is -6.02. The summed E-state index contributed by atoms with van der Waals surface area (Å²) < 4.78 is 37.1. The standard InChI is InChI=1S/C47H58F2N14O4/c1-57-42-34(6-4-7-35(42)63(46(57)67)36-9-10-40(65)53-45(36)66)59-20-13-29(14-21-59)26-58-23-18-47(19-24-58)16-11-30(12-17-47)61-28-37(41(55-61)43(48)49)62-27-33(54-56-62)31-25-50-60-22-15-39(52-44(31)60)51-32-5-2-3-8-38(32)64/h4,6-7,15,22,25,27-30,32,36,38,43,64H,2-3,5,8-14,16-21,23-24,26H2,1H3,(H,51,52)(H,53,65,66)/t32-,36?,38+/m1/s1. The molecule has 5 aromatic heterocycles. The number of fused-ring (bicyclic) bond motifs is 2. The number of benzene rings is 1. The fourth-order valence-electron chi connectivity index (χ4n) is 11.8. The first-order valence-corrected chi connectivity index (χ1v) is 24.1. The van der Waals surface area contributed by atoms with Crippen LogP contribution in [0.25, 0.3) is 33.6 Å². The highest BCUT2D eigenvalue weighted by Gasteiger charge is 2.40. The van der Waals surface area contributed by atoms with Gasteiger partial charge in [-0.1, -0.05) is 24.1 Å². The highest BCUT2D eigenvalue weighted by molar-refractivity contribution is 6.00. The number of aliphatic hydroxyl groups excluding tert-OH is 1. The maximum absolute atomic E-state index is 14.6. The maximum Gasteiger partial charge on any atom is 0.329 e. The number of nitrogens with zero attached hydrogens (tertiary/aromatic N) is 12. The van der Waals surface area contributed by atoms with Crippen LogP contribution in [0.4, 0.5) is 20.3 Å². The van der Waals surface area contributed by atoms with Gasteiger partial charge in [-0.05, 0) is 113 Å². The van der Waals surface area contributed by atoms with E-state index in [9.17, 15) is 28.3 Å². The van der Waals surface area contributed by atoms with Crippen LogP contribution in [0.2, 0.25) is 0 Å². The number of carbonyl (C=O) groups excluding carboxylic acids is 2. The van der Waals surface area contributed by atoms with E-state index in [0.29, 0.717) is 40.6 Å². The number of anilines is 2. The maximum atomic E-state index is 14.6. The summed E-state index contributed by atoms with van der Waals surface area (Å²) in [7, 11) is 1.76. The van der Waals surface area contributed by atoms with E-state index in [2.05, 4.69) is 47.0 Å². The summed E-state index contributed by atoms with van der Waals surface area (Å²) in [4.78, 5) is 47.9. The lowest BCUT2D eigenvalue weighted by atomic mass is 9.67. The molecule has 6 aromatic rings. The van der Waals surface area contributed by atoms with E-state index in [0.717, 1.165) is 121 Å². The molecule has 11 rings (SSSR count). The van der Waals surface area contributed by atoms with Crippen LogP contribution in [0.1, 0.15) is 114 Å². The number of aromatic nitrogens is 10. The minimum absolute atomic E-state index is 0.0183. The van der Waals surface area contributed by atoms with Crippen LogP contribution in [-0.4, -0.2) is 115 Å². The SMILES string of the molecule is Cn1c(=O)n(C2CCC(=O)NC2=O)c2cccc(N3CCC(CN4CCC5(CCC(n6cc(-n7cc(-c8cnn9ccc(N[C@@H]%10CCCC[C@@H]%10O)nc89)nn7)c(C(F)F)n6)CC5)CC4)CC3)c21. The molecule has 3 atom stereocenters. The number of imide groups is 1. The predicted octanol–water partition coefficient (Wildman–Crippen LogP) is 5.57. The largest absolute Gasteiger partial charge is 0.391 e. The number of aryl methyl sites for hydroxylation is 1. The van der Waals surface area contributed by atoms with Gasteiger partial charge in [0.15, 0.2) is 11.3 Å². The minimum atomic E-state index is -2.79. The molecule has 67 heavy (non-hydrogen) atoms. The Kier molecular flexibility index (Phi) is 11.4. The lowest BCUT2D eigenvalue weighted by Crippen LogP contribution is -2.45. The second kappa shape index (κ2) is 17.6. The van der Waals surface area contributed by atoms with Crippen molar-refractivity contribution in [1.82, 2.24) is 58.7 Å². The quantitative estimate of drug-likeness (QED) is 0.145. The molecule has 3 N–H and O–H groups in total. The van der Waals surface area contributed by atoms with Crippen molar-refractivity contribution in [3.8, 4) is 16.9 Å². The zero-order valence-corrected chi connectivity index (χ0v) is 37.8. The van der Waals surface area contributed by atoms with Crippen molar-refractivity contribution in [2.24, 2.45) is 18.4 Å². The Balaban J connectivity index is 0.693. The molecule has 3 aliphatic heterocycles. The normalized spacial score (nSPS) is 23.5. The van der Waals surface area contributed by atoms with Gasteiger partial charge in [-0.2, -0.15) is 10.2 Å². The molecule has 1 aromatic carbocycles. The number of piperidine rings is 3. The molecule has 5 aliphatic rings. The molecule has 18 nitrogen and oxygen atoms in total. The van der Waals surface area contributed by atoms with E-state index >= 15 is 0 Å². The van der Waals surface area contributed by atoms with Gasteiger partial charge in [0, 0.05) is 39.3 Å². The summed E-state index contributed by atoms with van der Waals surface area (Å²) in [5.74, 6) is 0.459. The third-order valence-electron chi connectivity index (χ3n) is 15.8. The summed E-state index contributed by atoms with van der Waals surface area (Å²) in [5, 5.41) is 33.8. The van der Waals surface area contributed by atoms with Crippen molar-refractivity contribution >= 4 is 40.0 Å². The molecule has 2 aliphatic carbocycles. The molecule has 0 bridgehead atoms. The van der Waals surface area contributed by atoms with E-state index in [-0.39, 0.29) is 46.9 Å². The fraction of sp³-hybridized carbons (Fsp3) is 0.574. The first-order chi connectivity index (χ1) is 32.5. The monoisotopic (exact) mass is 920 g/mol. The van der Waals surface area contributed by atoms with Crippen LogP contribution in [0, 0.1) is 11.3 Å². The van der Waals surface area contributed by atoms with Gasteiger partial charge in [0.25, 0.3) is 6.43 Å². The van der Waals surface area contributed by atoms with Crippen LogP contribution in [-0.2, 0) is 16.6 Å². The number of halogens is 2. The van der Waals surface area contributed by atoms with Gasteiger partial charge in [-0.25, -0.2) is 27.8 Å². The Morgan fingerprint density at radius 3 is 2.48 bits per heavy atom. The van der Waals surface area contributed by atoms with Crippen molar-refractivity contribution in [3.63, 3.8) is 0 Å². The molecule has 0 radical (unpaired) electrons. The highest BCUT2D eigenvalue weighted by atomic mass is 19.3. The van der Waals surface area contributed by atoms with Gasteiger partial charge in [0.2, 0.25) is 11.8 Å². The molecule has 2 saturated carbocycles. The molecule has 3 saturated heterocycles. The number of amides is 2. The lowest BCUT2D eigenvalue weighted by molar-refractivity contribution is -0.135. The second-order valence-corrected chi connectivity index (χ2v) is 19.8. The number of nitrogens with one attached hydrogen (secondary N) is 2. The van der Waals surface area contributed by atoms with Gasteiger partial charge in [0.05, 0.1) is 59.1 Å². The number of aliphatic hydroxyl groups is 1. The van der Waals surface area contributed by atoms with Crippen LogP contribution in [0.15, 0.2) is 53.8 Å². The third kappa shape index (κ3) is 8.18. The molecular formula is C47H58F2N14O4. The number of hydrogen-bond acceptors (Lipinski definition) is 12. The summed E-state index contributed by atoms with van der Waals surface area (Å²) in [5.41, 5.74) is 4.02. The fourth-order valence-corrected chi connectivity index (χ4v) is 11.8. The van der Waals surface area contributed by atoms with E-state index in [1.165, 1.54) is 4.68 Å². The topological polar surface area (TPSA) is 191 Å². The molecular weight excluding hydrogens is 863 g/mol. The lowest BCUT2D eigenvalue weighted by Gasteiger charge is -2.47. The Labute approximate surface area is 385 Å². The van der Waals surface area contributed by atoms with Crippen molar-refractivity contribution in [2.45, 2.75) is 121 Å². The van der Waals surface area contributed by atoms with E-state index in [1.54, 1.807) is 50.2 Å². The van der Waals surface area contributed by atoms with Crippen molar-refractivity contribution < 1.29 is 23.5 Å². The molecule has 1 spiro atoms. The number of rotatable bonds is 10. The molecule has 5 fully saturated rings. The number of likely N-dealkylation sites (tertiary alicyclic amines) is 1. The first-order valence-electron chi connectivity index (χ1n) is 24.1. The number of hydrogen-bond donors (Lipinski definition) is 3. The Morgan fingerprint density at radius 1 is 0.925 bits per heavy atom. The van der Waals surface area contributed by atoms with Crippen LogP contribution in [0.5, 0.6) is 0 Å². The highest BCUT2D eigenvalue weighted by Crippen LogP contribution is 2.48. The summed E-state index contributed by atoms with van der Waals surface area (Å²) in [6.45, 7) is 4.94. The number of alkyl halides is 2. The first kappa shape index (κ1) is 43.5. The number of imidazole rings is 1. The predicted molar refractivity (Wildman–Crippen MR) is 245 cm³/mol. The van der Waals surface area contributed by atoms with Gasteiger partial charge in [-0.3, -0.25) is 28.7 Å². The molecule has 354 valence electrons. The average molecular weight is 921 g/mol. The zero-order valence-electron chi connectivity index (χ0n) is 37.8. The van der Waals surface area contributed by atoms with E-state index in [4.69, 9.17) is 4.98 Å². The number of carbonyl (C=O) groups is 2. The molecule has 20 heteroatoms. The van der Waals surface area contributed by atoms with Gasteiger partial charge < -0.3 is 20.2 Å². The van der Waals surface area contributed by atoms with Crippen molar-refractivity contribution in [2.75, 3.05) is 42.9 Å². The molecule has 2 amide bonds. The van der Waals surface area contributed by atoms with Gasteiger partial charge >= 0.3 is 5.69 Å². The van der Waals surface area contributed by atoms with Crippen molar-refractivity contribution in [1.29, 1.82) is 0 Å². The van der Waals surface area contributed by atoms with Gasteiger partial charge in [-0.15, -0.1) is 5.10 Å². The Morgan fingerprint density at radius 2 is 1.72 bits per heavy atom.